The van der Waals surface area contributed by atoms with Crippen LogP contribution in [0.1, 0.15) is 25.3 Å². The first-order valence-electron chi connectivity index (χ1n) is 6.94. The number of aryl methyl sites for hydroxylation is 1. The van der Waals surface area contributed by atoms with Crippen LogP contribution in [-0.4, -0.2) is 23.3 Å². The van der Waals surface area contributed by atoms with Gasteiger partial charge in [0.2, 0.25) is 0 Å². The van der Waals surface area contributed by atoms with Crippen LogP contribution in [0.15, 0.2) is 24.3 Å². The maximum atomic E-state index is 5.99. The van der Waals surface area contributed by atoms with Crippen molar-refractivity contribution in [2.75, 3.05) is 13.1 Å². The van der Waals surface area contributed by atoms with E-state index >= 15 is 0 Å². The third-order valence-corrected chi connectivity index (χ3v) is 4.10. The van der Waals surface area contributed by atoms with Gasteiger partial charge in [0.25, 0.3) is 0 Å². The molecule has 0 spiro atoms. The number of hydrogen-bond donors (Lipinski definition) is 1. The summed E-state index contributed by atoms with van der Waals surface area (Å²) >= 11 is 7.64. The van der Waals surface area contributed by atoms with Gasteiger partial charge in [0.1, 0.15) is 10.0 Å². The summed E-state index contributed by atoms with van der Waals surface area (Å²) in [7, 11) is 0. The summed E-state index contributed by atoms with van der Waals surface area (Å²) in [6.07, 6.45) is 2.07. The lowest BCUT2D eigenvalue weighted by atomic mass is 10.2. The Kier molecular flexibility index (Phi) is 5.95. The predicted molar refractivity (Wildman–Crippen MR) is 86.4 cm³/mol. The van der Waals surface area contributed by atoms with E-state index in [0.717, 1.165) is 46.5 Å². The van der Waals surface area contributed by atoms with Gasteiger partial charge in [-0.1, -0.05) is 48.9 Å². The molecular formula is C15H20ClN3S. The maximum Gasteiger partial charge on any atom is 0.147 e. The van der Waals surface area contributed by atoms with Crippen molar-refractivity contribution in [2.45, 2.75) is 26.7 Å². The SMILES string of the molecule is CC(C)CNCCCc1nnc(-c2cccc(Cl)c2)s1. The van der Waals surface area contributed by atoms with Crippen molar-refractivity contribution in [1.82, 2.24) is 15.5 Å². The van der Waals surface area contributed by atoms with E-state index in [2.05, 4.69) is 29.4 Å². The fraction of sp³-hybridized carbons (Fsp3) is 0.467. The Morgan fingerprint density at radius 3 is 2.90 bits per heavy atom. The number of nitrogens with zero attached hydrogens (tertiary/aromatic N) is 2. The highest BCUT2D eigenvalue weighted by Crippen LogP contribution is 2.26. The number of halogens is 1. The van der Waals surface area contributed by atoms with E-state index in [1.165, 1.54) is 0 Å². The van der Waals surface area contributed by atoms with Crippen LogP contribution in [0.3, 0.4) is 0 Å². The van der Waals surface area contributed by atoms with E-state index in [1.54, 1.807) is 11.3 Å². The number of aromatic nitrogens is 2. The molecule has 0 aliphatic heterocycles. The summed E-state index contributed by atoms with van der Waals surface area (Å²) in [4.78, 5) is 0. The van der Waals surface area contributed by atoms with Crippen LogP contribution in [-0.2, 0) is 6.42 Å². The Hall–Kier alpha value is -0.970. The Labute approximate surface area is 129 Å². The van der Waals surface area contributed by atoms with Gasteiger partial charge in [-0.2, -0.15) is 0 Å². The zero-order valence-corrected chi connectivity index (χ0v) is 13.5. The number of hydrogen-bond acceptors (Lipinski definition) is 4. The van der Waals surface area contributed by atoms with Crippen molar-refractivity contribution in [2.24, 2.45) is 5.92 Å². The molecule has 1 aromatic heterocycles. The molecule has 0 saturated heterocycles. The third-order valence-electron chi connectivity index (χ3n) is 2.84. The fourth-order valence-corrected chi connectivity index (χ4v) is 2.92. The first-order chi connectivity index (χ1) is 9.65. The molecule has 1 heterocycles. The first-order valence-corrected chi connectivity index (χ1v) is 8.13. The average molecular weight is 310 g/mol. The van der Waals surface area contributed by atoms with Crippen molar-refractivity contribution in [3.63, 3.8) is 0 Å². The van der Waals surface area contributed by atoms with E-state index < -0.39 is 0 Å². The highest BCUT2D eigenvalue weighted by molar-refractivity contribution is 7.14. The van der Waals surface area contributed by atoms with Crippen LogP contribution in [0.2, 0.25) is 5.02 Å². The van der Waals surface area contributed by atoms with Crippen molar-refractivity contribution in [3.8, 4) is 10.6 Å². The second-order valence-corrected chi connectivity index (χ2v) is 6.71. The molecule has 0 aliphatic carbocycles. The molecule has 0 radical (unpaired) electrons. The molecule has 2 aromatic rings. The van der Waals surface area contributed by atoms with Gasteiger partial charge in [-0.25, -0.2) is 0 Å². The van der Waals surface area contributed by atoms with Crippen molar-refractivity contribution in [1.29, 1.82) is 0 Å². The Bertz CT molecular complexity index is 539. The lowest BCUT2D eigenvalue weighted by Gasteiger charge is -2.05. The summed E-state index contributed by atoms with van der Waals surface area (Å²) in [5.74, 6) is 0.700. The van der Waals surface area contributed by atoms with Crippen LogP contribution in [0, 0.1) is 5.92 Å². The van der Waals surface area contributed by atoms with Gasteiger partial charge in [0.05, 0.1) is 0 Å². The third kappa shape index (κ3) is 4.85. The smallest absolute Gasteiger partial charge is 0.147 e. The van der Waals surface area contributed by atoms with Gasteiger partial charge in [0, 0.05) is 17.0 Å². The second kappa shape index (κ2) is 7.72. The molecule has 3 nitrogen and oxygen atoms in total. The molecule has 0 saturated carbocycles. The highest BCUT2D eigenvalue weighted by Gasteiger charge is 2.06. The van der Waals surface area contributed by atoms with Gasteiger partial charge >= 0.3 is 0 Å². The molecule has 108 valence electrons. The van der Waals surface area contributed by atoms with Crippen LogP contribution in [0.5, 0.6) is 0 Å². The highest BCUT2D eigenvalue weighted by atomic mass is 35.5. The van der Waals surface area contributed by atoms with Crippen LogP contribution >= 0.6 is 22.9 Å². The van der Waals surface area contributed by atoms with E-state index in [-0.39, 0.29) is 0 Å². The van der Waals surface area contributed by atoms with Gasteiger partial charge in [-0.05, 0) is 37.6 Å². The summed E-state index contributed by atoms with van der Waals surface area (Å²) in [5.41, 5.74) is 1.04. The molecule has 20 heavy (non-hydrogen) atoms. The Morgan fingerprint density at radius 2 is 2.15 bits per heavy atom. The standard InChI is InChI=1S/C15H20ClN3S/c1-11(2)10-17-8-4-7-14-18-19-15(20-14)12-5-3-6-13(16)9-12/h3,5-6,9,11,17H,4,7-8,10H2,1-2H3. The molecule has 0 atom stereocenters. The Balaban J connectivity index is 1.83. The fourth-order valence-electron chi connectivity index (χ4n) is 1.85. The number of nitrogens with one attached hydrogen (secondary N) is 1. The van der Waals surface area contributed by atoms with Gasteiger partial charge in [-0.3, -0.25) is 0 Å². The summed E-state index contributed by atoms with van der Waals surface area (Å²) in [6, 6.07) is 7.75. The van der Waals surface area contributed by atoms with E-state index in [1.807, 2.05) is 24.3 Å². The van der Waals surface area contributed by atoms with Crippen LogP contribution in [0.4, 0.5) is 0 Å². The molecule has 0 fully saturated rings. The van der Waals surface area contributed by atoms with Crippen molar-refractivity contribution >= 4 is 22.9 Å². The predicted octanol–water partition coefficient (Wildman–Crippen LogP) is 4.04. The minimum Gasteiger partial charge on any atom is -0.316 e. The van der Waals surface area contributed by atoms with E-state index in [9.17, 15) is 0 Å². The average Bonchev–Trinajstić information content (AvgIpc) is 2.87. The lowest BCUT2D eigenvalue weighted by molar-refractivity contribution is 0.542. The molecule has 5 heteroatoms. The van der Waals surface area contributed by atoms with Crippen molar-refractivity contribution in [3.05, 3.63) is 34.3 Å². The molecule has 2 rings (SSSR count). The van der Waals surface area contributed by atoms with Crippen LogP contribution in [0.25, 0.3) is 10.6 Å². The monoisotopic (exact) mass is 309 g/mol. The maximum absolute atomic E-state index is 5.99. The molecule has 1 N–H and O–H groups in total. The zero-order valence-electron chi connectivity index (χ0n) is 11.9. The van der Waals surface area contributed by atoms with Gasteiger partial charge in [0.15, 0.2) is 0 Å². The summed E-state index contributed by atoms with van der Waals surface area (Å²) in [5, 5.41) is 14.7. The Morgan fingerprint density at radius 1 is 1.30 bits per heavy atom. The quantitative estimate of drug-likeness (QED) is 0.784. The van der Waals surface area contributed by atoms with Gasteiger partial charge in [-0.15, -0.1) is 10.2 Å². The topological polar surface area (TPSA) is 37.8 Å². The molecule has 0 unspecified atom stereocenters. The molecule has 0 bridgehead atoms. The first kappa shape index (κ1) is 15.4. The minimum absolute atomic E-state index is 0.700. The summed E-state index contributed by atoms with van der Waals surface area (Å²) < 4.78 is 0. The zero-order chi connectivity index (χ0) is 14.4. The largest absolute Gasteiger partial charge is 0.316 e. The molecule has 1 aromatic carbocycles. The van der Waals surface area contributed by atoms with Crippen LogP contribution < -0.4 is 5.32 Å². The number of benzene rings is 1. The second-order valence-electron chi connectivity index (χ2n) is 5.21. The minimum atomic E-state index is 0.700. The lowest BCUT2D eigenvalue weighted by Crippen LogP contribution is -2.21. The molecule has 0 amide bonds. The number of rotatable bonds is 7. The summed E-state index contributed by atoms with van der Waals surface area (Å²) in [6.45, 7) is 6.54. The molecular weight excluding hydrogens is 290 g/mol. The van der Waals surface area contributed by atoms with Gasteiger partial charge < -0.3 is 5.32 Å². The van der Waals surface area contributed by atoms with E-state index in [0.29, 0.717) is 5.92 Å². The van der Waals surface area contributed by atoms with E-state index in [4.69, 9.17) is 11.6 Å². The van der Waals surface area contributed by atoms with Crippen molar-refractivity contribution < 1.29 is 0 Å². The molecule has 0 aliphatic rings. The normalized spacial score (nSPS) is 11.2.